The van der Waals surface area contributed by atoms with E-state index in [1.165, 1.54) is 24.5 Å². The number of anilines is 2. The molecular weight excluding hydrogens is 435 g/mol. The van der Waals surface area contributed by atoms with Crippen LogP contribution in [0.3, 0.4) is 0 Å². The fraction of sp³-hybridized carbons (Fsp3) is 0.160. The topological polar surface area (TPSA) is 102 Å². The molecule has 2 heterocycles. The van der Waals surface area contributed by atoms with Gasteiger partial charge >= 0.3 is 0 Å². The lowest BCUT2D eigenvalue weighted by molar-refractivity contribution is 0.102. The van der Waals surface area contributed by atoms with Gasteiger partial charge in [0.15, 0.2) is 5.82 Å². The number of rotatable bonds is 7. The first-order valence-electron chi connectivity index (χ1n) is 10.7. The van der Waals surface area contributed by atoms with E-state index >= 15 is 0 Å². The van der Waals surface area contributed by atoms with E-state index in [4.69, 9.17) is 4.74 Å². The molecule has 0 saturated heterocycles. The number of carbonyl (C=O) groups is 1. The van der Waals surface area contributed by atoms with Crippen LogP contribution in [-0.2, 0) is 0 Å². The summed E-state index contributed by atoms with van der Waals surface area (Å²) in [6.45, 7) is 4.12. The molecule has 34 heavy (non-hydrogen) atoms. The molecule has 0 aliphatic carbocycles. The van der Waals surface area contributed by atoms with E-state index in [1.54, 1.807) is 31.4 Å². The summed E-state index contributed by atoms with van der Waals surface area (Å²) in [6, 6.07) is 14.9. The number of hydrogen-bond acceptors (Lipinski definition) is 7. The minimum absolute atomic E-state index is 0.150. The minimum Gasteiger partial charge on any atom is -0.438 e. The molecular formula is C25H23FN6O2. The molecule has 0 aliphatic rings. The molecule has 172 valence electrons. The number of amides is 1. The van der Waals surface area contributed by atoms with Gasteiger partial charge < -0.3 is 15.4 Å². The third kappa shape index (κ3) is 5.15. The number of halogens is 1. The van der Waals surface area contributed by atoms with Crippen molar-refractivity contribution in [3.05, 3.63) is 84.1 Å². The van der Waals surface area contributed by atoms with Crippen molar-refractivity contribution in [1.29, 1.82) is 0 Å². The summed E-state index contributed by atoms with van der Waals surface area (Å²) in [5.41, 5.74) is 2.02. The number of carbonyl (C=O) groups excluding carboxylic acids is 1. The van der Waals surface area contributed by atoms with Gasteiger partial charge in [0, 0.05) is 18.9 Å². The second kappa shape index (κ2) is 10.0. The summed E-state index contributed by atoms with van der Waals surface area (Å²) in [5, 5.41) is 5.60. The minimum atomic E-state index is -0.665. The van der Waals surface area contributed by atoms with Gasteiger partial charge in [-0.05, 0) is 53.9 Å². The predicted molar refractivity (Wildman–Crippen MR) is 128 cm³/mol. The molecule has 2 aromatic heterocycles. The highest BCUT2D eigenvalue weighted by molar-refractivity contribution is 6.04. The maximum Gasteiger partial charge on any atom is 0.258 e. The molecule has 9 heteroatoms. The van der Waals surface area contributed by atoms with Crippen LogP contribution in [0.2, 0.25) is 0 Å². The average Bonchev–Trinajstić information content (AvgIpc) is 2.85. The van der Waals surface area contributed by atoms with Gasteiger partial charge in [-0.25, -0.2) is 19.3 Å². The Bertz CT molecular complexity index is 1330. The van der Waals surface area contributed by atoms with Crippen LogP contribution in [0.15, 0.2) is 67.1 Å². The molecule has 2 aromatic carbocycles. The second-order valence-electron chi connectivity index (χ2n) is 7.72. The van der Waals surface area contributed by atoms with Crippen LogP contribution in [-0.4, -0.2) is 32.9 Å². The number of ether oxygens (including phenoxy) is 1. The van der Waals surface area contributed by atoms with Gasteiger partial charge in [0.1, 0.15) is 17.9 Å². The Morgan fingerprint density at radius 2 is 1.88 bits per heavy atom. The molecule has 0 spiro atoms. The Hall–Kier alpha value is -4.40. The van der Waals surface area contributed by atoms with E-state index < -0.39 is 11.7 Å². The summed E-state index contributed by atoms with van der Waals surface area (Å²) in [6.07, 6.45) is 2.93. The second-order valence-corrected chi connectivity index (χ2v) is 7.72. The van der Waals surface area contributed by atoms with Crippen molar-refractivity contribution in [2.45, 2.75) is 19.8 Å². The third-order valence-electron chi connectivity index (χ3n) is 5.02. The SMILES string of the molecule is CNc1ncnc(-c2cccnc2Oc2ccc(F)c(C(=O)Nc3cccc(C(C)C)c3)c2)n1. The highest BCUT2D eigenvalue weighted by atomic mass is 19.1. The predicted octanol–water partition coefficient (Wildman–Crippen LogP) is 5.28. The van der Waals surface area contributed by atoms with Gasteiger partial charge in [0.2, 0.25) is 11.8 Å². The van der Waals surface area contributed by atoms with Crippen molar-refractivity contribution in [1.82, 2.24) is 19.9 Å². The molecule has 4 aromatic rings. The number of nitrogens with zero attached hydrogens (tertiary/aromatic N) is 4. The van der Waals surface area contributed by atoms with Gasteiger partial charge in [-0.15, -0.1) is 0 Å². The lowest BCUT2D eigenvalue weighted by atomic mass is 10.0. The molecule has 8 nitrogen and oxygen atoms in total. The van der Waals surface area contributed by atoms with Gasteiger partial charge in [0.25, 0.3) is 5.91 Å². The Kier molecular flexibility index (Phi) is 6.72. The van der Waals surface area contributed by atoms with E-state index in [-0.39, 0.29) is 17.2 Å². The van der Waals surface area contributed by atoms with E-state index in [1.807, 2.05) is 18.2 Å². The Morgan fingerprint density at radius 1 is 1.03 bits per heavy atom. The quantitative estimate of drug-likeness (QED) is 0.388. The van der Waals surface area contributed by atoms with Crippen LogP contribution in [0.5, 0.6) is 11.6 Å². The van der Waals surface area contributed by atoms with Gasteiger partial charge in [0.05, 0.1) is 11.1 Å². The fourth-order valence-corrected chi connectivity index (χ4v) is 3.22. The third-order valence-corrected chi connectivity index (χ3v) is 5.02. The van der Waals surface area contributed by atoms with Gasteiger partial charge in [-0.3, -0.25) is 4.79 Å². The monoisotopic (exact) mass is 458 g/mol. The van der Waals surface area contributed by atoms with Crippen molar-refractivity contribution in [2.24, 2.45) is 0 Å². The molecule has 2 N–H and O–H groups in total. The van der Waals surface area contributed by atoms with Crippen LogP contribution in [0, 0.1) is 5.82 Å². The molecule has 0 radical (unpaired) electrons. The molecule has 0 bridgehead atoms. The van der Waals surface area contributed by atoms with Crippen LogP contribution < -0.4 is 15.4 Å². The van der Waals surface area contributed by atoms with Crippen molar-refractivity contribution in [3.8, 4) is 23.0 Å². The summed E-state index contributed by atoms with van der Waals surface area (Å²) >= 11 is 0. The zero-order valence-corrected chi connectivity index (χ0v) is 18.9. The first kappa shape index (κ1) is 22.8. The Balaban J connectivity index is 1.60. The smallest absolute Gasteiger partial charge is 0.258 e. The first-order valence-corrected chi connectivity index (χ1v) is 10.7. The number of nitrogens with one attached hydrogen (secondary N) is 2. The van der Waals surface area contributed by atoms with Crippen LogP contribution >= 0.6 is 0 Å². The summed E-state index contributed by atoms with van der Waals surface area (Å²) in [7, 11) is 1.70. The standard InChI is InChI=1S/C25H23FN6O2/c1-15(2)16-6-4-7-17(12-16)31-23(33)20-13-18(9-10-21(20)26)34-24-19(8-5-11-28-24)22-29-14-30-25(27-3)32-22/h4-15H,1-3H3,(H,31,33)(H,27,29,30,32). The van der Waals surface area contributed by atoms with Gasteiger partial charge in [-0.1, -0.05) is 26.0 Å². The van der Waals surface area contributed by atoms with Crippen molar-refractivity contribution < 1.29 is 13.9 Å². The van der Waals surface area contributed by atoms with Crippen molar-refractivity contribution in [2.75, 3.05) is 17.7 Å². The lowest BCUT2D eigenvalue weighted by Gasteiger charge is -2.12. The van der Waals surface area contributed by atoms with E-state index in [9.17, 15) is 9.18 Å². The van der Waals surface area contributed by atoms with Crippen molar-refractivity contribution >= 4 is 17.5 Å². The zero-order chi connectivity index (χ0) is 24.1. The molecule has 0 fully saturated rings. The Labute approximate surface area is 196 Å². The highest BCUT2D eigenvalue weighted by Gasteiger charge is 2.17. The van der Waals surface area contributed by atoms with Crippen molar-refractivity contribution in [3.63, 3.8) is 0 Å². The summed E-state index contributed by atoms with van der Waals surface area (Å²) in [4.78, 5) is 29.6. The summed E-state index contributed by atoms with van der Waals surface area (Å²) < 4.78 is 20.4. The molecule has 0 aliphatic heterocycles. The number of hydrogen-bond donors (Lipinski definition) is 2. The normalized spacial score (nSPS) is 10.7. The Morgan fingerprint density at radius 3 is 2.68 bits per heavy atom. The van der Waals surface area contributed by atoms with Gasteiger partial charge in [-0.2, -0.15) is 4.98 Å². The maximum atomic E-state index is 14.5. The van der Waals surface area contributed by atoms with Crippen LogP contribution in [0.4, 0.5) is 16.0 Å². The van der Waals surface area contributed by atoms with Crippen LogP contribution in [0.1, 0.15) is 35.7 Å². The summed E-state index contributed by atoms with van der Waals surface area (Å²) in [5.74, 6) is 0.244. The zero-order valence-electron chi connectivity index (χ0n) is 18.9. The highest BCUT2D eigenvalue weighted by Crippen LogP contribution is 2.30. The lowest BCUT2D eigenvalue weighted by Crippen LogP contribution is -2.14. The van der Waals surface area contributed by atoms with E-state index in [0.717, 1.165) is 5.56 Å². The van der Waals surface area contributed by atoms with E-state index in [2.05, 4.69) is 44.4 Å². The average molecular weight is 458 g/mol. The number of aromatic nitrogens is 4. The fourth-order valence-electron chi connectivity index (χ4n) is 3.22. The molecule has 0 unspecified atom stereocenters. The van der Waals surface area contributed by atoms with Crippen LogP contribution in [0.25, 0.3) is 11.4 Å². The largest absolute Gasteiger partial charge is 0.438 e. The maximum absolute atomic E-state index is 14.5. The van der Waals surface area contributed by atoms with E-state index in [0.29, 0.717) is 28.9 Å². The molecule has 0 atom stereocenters. The molecule has 0 saturated carbocycles. The number of benzene rings is 2. The number of pyridine rings is 1. The molecule has 4 rings (SSSR count). The first-order chi connectivity index (χ1) is 16.4. The molecule has 1 amide bonds.